The minimum Gasteiger partial charge on any atom is -0.310 e. The summed E-state index contributed by atoms with van der Waals surface area (Å²) in [5, 5.41) is 10.5. The van der Waals surface area contributed by atoms with E-state index >= 15 is 0 Å². The first kappa shape index (κ1) is 42.2. The van der Waals surface area contributed by atoms with Crippen molar-refractivity contribution in [3.05, 3.63) is 188 Å². The van der Waals surface area contributed by atoms with E-state index in [1.54, 1.807) is 0 Å². The lowest BCUT2D eigenvalue weighted by Crippen LogP contribution is -2.12. The van der Waals surface area contributed by atoms with E-state index in [1.807, 2.05) is 22.7 Å². The van der Waals surface area contributed by atoms with Gasteiger partial charge in [0.05, 0.1) is 11.4 Å². The van der Waals surface area contributed by atoms with Gasteiger partial charge in [0.15, 0.2) is 0 Å². The Labute approximate surface area is 397 Å². The molecule has 0 radical (unpaired) electrons. The maximum atomic E-state index is 2.52. The van der Waals surface area contributed by atoms with E-state index in [0.29, 0.717) is 0 Å². The van der Waals surface area contributed by atoms with Crippen LogP contribution in [-0.4, -0.2) is 0 Å². The molecule has 11 aromatic rings. The van der Waals surface area contributed by atoms with Crippen molar-refractivity contribution in [1.29, 1.82) is 0 Å². The zero-order valence-electron chi connectivity index (χ0n) is 40.3. The second-order valence-corrected chi connectivity index (χ2v) is 21.3. The van der Waals surface area contributed by atoms with Gasteiger partial charge in [0, 0.05) is 73.9 Å². The van der Waals surface area contributed by atoms with Gasteiger partial charge in [0.2, 0.25) is 0 Å². The molecule has 0 bridgehead atoms. The molecule has 0 saturated heterocycles. The summed E-state index contributed by atoms with van der Waals surface area (Å²) in [4.78, 5) is 5.04. The van der Waals surface area contributed by atoms with Crippen LogP contribution >= 0.6 is 22.7 Å². The number of benzene rings is 9. The van der Waals surface area contributed by atoms with E-state index < -0.39 is 0 Å². The Morgan fingerprint density at radius 1 is 0.288 bits per heavy atom. The maximum absolute atomic E-state index is 2.52. The van der Waals surface area contributed by atoms with Gasteiger partial charge < -0.3 is 9.80 Å². The quantitative estimate of drug-likeness (QED) is 0.164. The molecule has 0 aliphatic rings. The molecule has 0 atom stereocenters. The van der Waals surface area contributed by atoms with Gasteiger partial charge in [-0.2, -0.15) is 0 Å². The standard InChI is InChI=1S/C62H56N2S2/c1-33-23-45(24-34(2)41(33)9)63(46-25-35(3)42(10)36(4)26-46)54-31-57-59(51-19-15-13-17-49(51)54)53-21-22-56-61(62(53)66-57)60-52-20-16-14-18-50(52)55(32-58(60)65-56)64(47-27-37(5)43(11)38(6)28-47)48-29-39(7)44(12)40(8)30-48/h13-32H,1-12H3. The molecule has 4 heteroatoms. The maximum Gasteiger partial charge on any atom is 0.0554 e. The predicted octanol–water partition coefficient (Wildman–Crippen LogP) is 19.4. The highest BCUT2D eigenvalue weighted by molar-refractivity contribution is 7.30. The van der Waals surface area contributed by atoms with Crippen molar-refractivity contribution in [2.45, 2.75) is 83.1 Å². The van der Waals surface area contributed by atoms with Crippen molar-refractivity contribution < 1.29 is 0 Å². The van der Waals surface area contributed by atoms with Crippen LogP contribution in [0.2, 0.25) is 0 Å². The fourth-order valence-corrected chi connectivity index (χ4v) is 13.1. The Morgan fingerprint density at radius 3 is 1.00 bits per heavy atom. The molecule has 2 nitrogen and oxygen atoms in total. The van der Waals surface area contributed by atoms with Crippen LogP contribution in [0.5, 0.6) is 0 Å². The van der Waals surface area contributed by atoms with Crippen molar-refractivity contribution in [1.82, 2.24) is 0 Å². The lowest BCUT2D eigenvalue weighted by atomic mass is 9.96. The first-order valence-electron chi connectivity index (χ1n) is 23.2. The van der Waals surface area contributed by atoms with Gasteiger partial charge in [-0.1, -0.05) is 54.6 Å². The average molecular weight is 893 g/mol. The Kier molecular flexibility index (Phi) is 9.96. The molecule has 11 rings (SSSR count). The van der Waals surface area contributed by atoms with Gasteiger partial charge in [-0.3, -0.25) is 0 Å². The van der Waals surface area contributed by atoms with Crippen LogP contribution in [0.15, 0.2) is 121 Å². The molecule has 0 fully saturated rings. The second kappa shape index (κ2) is 15.6. The Balaban J connectivity index is 1.20. The third-order valence-corrected chi connectivity index (χ3v) is 17.5. The molecular weight excluding hydrogens is 837 g/mol. The van der Waals surface area contributed by atoms with Crippen molar-refractivity contribution in [3.63, 3.8) is 0 Å². The molecule has 0 saturated carbocycles. The van der Waals surface area contributed by atoms with Gasteiger partial charge in [-0.15, -0.1) is 22.7 Å². The summed E-state index contributed by atoms with van der Waals surface area (Å²) in [6.07, 6.45) is 0. The number of rotatable bonds is 6. The van der Waals surface area contributed by atoms with Crippen molar-refractivity contribution >= 4 is 119 Å². The van der Waals surface area contributed by atoms with Crippen LogP contribution in [0.4, 0.5) is 34.1 Å². The molecule has 0 aliphatic carbocycles. The number of nitrogens with zero attached hydrogens (tertiary/aromatic N) is 2. The lowest BCUT2D eigenvalue weighted by molar-refractivity contribution is 1.20. The topological polar surface area (TPSA) is 6.48 Å². The normalized spacial score (nSPS) is 11.9. The van der Waals surface area contributed by atoms with Crippen molar-refractivity contribution in [2.24, 2.45) is 0 Å². The summed E-state index contributed by atoms with van der Waals surface area (Å²) in [6, 6.07) is 47.0. The van der Waals surface area contributed by atoms with Crippen molar-refractivity contribution in [2.75, 3.05) is 9.80 Å². The molecule has 0 spiro atoms. The molecular formula is C62H56N2S2. The average Bonchev–Trinajstić information content (AvgIpc) is 3.87. The fourth-order valence-electron chi connectivity index (χ4n) is 10.6. The van der Waals surface area contributed by atoms with E-state index in [4.69, 9.17) is 0 Å². The van der Waals surface area contributed by atoms with Crippen LogP contribution in [0.3, 0.4) is 0 Å². The molecule has 0 amide bonds. The largest absolute Gasteiger partial charge is 0.310 e. The third-order valence-electron chi connectivity index (χ3n) is 15.2. The second-order valence-electron chi connectivity index (χ2n) is 19.1. The van der Waals surface area contributed by atoms with Gasteiger partial charge in [-0.25, -0.2) is 0 Å². The SMILES string of the molecule is Cc1cc(N(c2cc(C)c(C)c(C)c2)c2cc3sc4c(ccc5sc6cc(N(c7cc(C)c(C)c(C)c7)c7cc(C)c(C)c(C)c7)c7ccccc7c6c54)c3c3ccccc23)cc(C)c1C. The highest BCUT2D eigenvalue weighted by Gasteiger charge is 2.25. The van der Waals surface area contributed by atoms with E-state index in [-0.39, 0.29) is 0 Å². The third kappa shape index (κ3) is 6.48. The number of anilines is 6. The van der Waals surface area contributed by atoms with Gasteiger partial charge in [0.25, 0.3) is 0 Å². The summed E-state index contributed by atoms with van der Waals surface area (Å²) in [7, 11) is 0. The number of thiophene rings is 2. The minimum absolute atomic E-state index is 1.19. The summed E-state index contributed by atoms with van der Waals surface area (Å²) in [5.41, 5.74) is 23.0. The highest BCUT2D eigenvalue weighted by Crippen LogP contribution is 2.53. The Bertz CT molecular complexity index is 3650. The molecule has 0 aliphatic heterocycles. The fraction of sp³-hybridized carbons (Fsp3) is 0.194. The summed E-state index contributed by atoms with van der Waals surface area (Å²) in [6.45, 7) is 26.9. The number of hydrogen-bond acceptors (Lipinski definition) is 4. The Morgan fingerprint density at radius 2 is 0.621 bits per heavy atom. The molecule has 326 valence electrons. The first-order valence-corrected chi connectivity index (χ1v) is 24.9. The molecule has 9 aromatic carbocycles. The van der Waals surface area contributed by atoms with Gasteiger partial charge in [0.1, 0.15) is 0 Å². The van der Waals surface area contributed by atoms with Crippen molar-refractivity contribution in [3.8, 4) is 0 Å². The number of fused-ring (bicyclic) bond motifs is 11. The van der Waals surface area contributed by atoms with E-state index in [2.05, 4.69) is 214 Å². The molecule has 0 unspecified atom stereocenters. The summed E-state index contributed by atoms with van der Waals surface area (Å²) < 4.78 is 5.29. The van der Waals surface area contributed by atoms with E-state index in [0.717, 1.165) is 0 Å². The minimum atomic E-state index is 1.19. The van der Waals surface area contributed by atoms with Crippen LogP contribution in [0.25, 0.3) is 61.9 Å². The molecule has 0 N–H and O–H groups in total. The predicted molar refractivity (Wildman–Crippen MR) is 293 cm³/mol. The zero-order chi connectivity index (χ0) is 46.0. The highest BCUT2D eigenvalue weighted by atomic mass is 32.1. The zero-order valence-corrected chi connectivity index (χ0v) is 41.9. The van der Waals surface area contributed by atoms with Crippen LogP contribution in [0.1, 0.15) is 66.8 Å². The van der Waals surface area contributed by atoms with E-state index in [1.165, 1.54) is 163 Å². The van der Waals surface area contributed by atoms with Gasteiger partial charge >= 0.3 is 0 Å². The monoisotopic (exact) mass is 892 g/mol. The smallest absolute Gasteiger partial charge is 0.0554 e. The first-order chi connectivity index (χ1) is 31.7. The van der Waals surface area contributed by atoms with Gasteiger partial charge in [-0.05, 0) is 227 Å². The van der Waals surface area contributed by atoms with Crippen LogP contribution in [0, 0.1) is 83.1 Å². The number of hydrogen-bond donors (Lipinski definition) is 0. The molecule has 2 heterocycles. The Hall–Kier alpha value is -6.46. The van der Waals surface area contributed by atoms with Crippen LogP contribution < -0.4 is 9.80 Å². The lowest BCUT2D eigenvalue weighted by Gasteiger charge is -2.29. The van der Waals surface area contributed by atoms with E-state index in [9.17, 15) is 0 Å². The van der Waals surface area contributed by atoms with Crippen LogP contribution in [-0.2, 0) is 0 Å². The number of aryl methyl sites for hydroxylation is 8. The molecule has 2 aromatic heterocycles. The molecule has 66 heavy (non-hydrogen) atoms. The summed E-state index contributed by atoms with van der Waals surface area (Å²) >= 11 is 3.88. The summed E-state index contributed by atoms with van der Waals surface area (Å²) in [5.74, 6) is 0.